The van der Waals surface area contributed by atoms with E-state index in [1.165, 1.54) is 29.3 Å². The average molecular weight is 445 g/mol. The van der Waals surface area contributed by atoms with E-state index in [9.17, 15) is 28.4 Å². The summed E-state index contributed by atoms with van der Waals surface area (Å²) in [4.78, 5) is 27.8. The Morgan fingerprint density at radius 2 is 1.97 bits per heavy atom. The molecule has 11 nitrogen and oxygen atoms in total. The molecule has 3 aromatic rings. The van der Waals surface area contributed by atoms with E-state index in [4.69, 9.17) is 0 Å². The third-order valence-corrected chi connectivity index (χ3v) is 6.90. The number of nitrogens with one attached hydrogen (secondary N) is 1. The van der Waals surface area contributed by atoms with Gasteiger partial charge in [-0.2, -0.15) is 0 Å². The summed E-state index contributed by atoms with van der Waals surface area (Å²) in [5.74, 6) is 0. The molecule has 1 aromatic carbocycles. The van der Waals surface area contributed by atoms with Gasteiger partial charge in [0, 0.05) is 12.7 Å². The maximum Gasteiger partial charge on any atom is 0.408 e. The number of aromatic nitrogens is 2. The van der Waals surface area contributed by atoms with Crippen molar-refractivity contribution in [3.05, 3.63) is 58.9 Å². The number of carbonyl (C=O) groups is 1. The Balaban J connectivity index is 1.84. The van der Waals surface area contributed by atoms with Crippen LogP contribution in [0.15, 0.2) is 53.7 Å². The highest BCUT2D eigenvalue weighted by molar-refractivity contribution is 7.90. The molecule has 0 radical (unpaired) electrons. The van der Waals surface area contributed by atoms with Crippen LogP contribution in [0.2, 0.25) is 0 Å². The van der Waals surface area contributed by atoms with Crippen molar-refractivity contribution < 1.29 is 23.2 Å². The second kappa shape index (κ2) is 7.87. The molecule has 1 fully saturated rings. The van der Waals surface area contributed by atoms with Crippen LogP contribution in [0.4, 0.5) is 16.2 Å². The second-order valence-electron chi connectivity index (χ2n) is 7.07. The molecule has 4 rings (SSSR count). The number of fused-ring (bicyclic) bond motifs is 1. The lowest BCUT2D eigenvalue weighted by Crippen LogP contribution is -2.47. The number of amides is 1. The van der Waals surface area contributed by atoms with E-state index in [0.717, 1.165) is 16.6 Å². The summed E-state index contributed by atoms with van der Waals surface area (Å²) in [5.41, 5.74) is -0.317. The third-order valence-electron chi connectivity index (χ3n) is 5.22. The quantitative estimate of drug-likeness (QED) is 0.450. The fraction of sp³-hybridized carbons (Fsp3) is 0.263. The first-order valence-corrected chi connectivity index (χ1v) is 11.0. The lowest BCUT2D eigenvalue weighted by molar-refractivity contribution is -0.384. The standard InChI is InChI=1S/C19H19N5O6S/c25-19(26)22-10-5-4-8-16(22)21-17-14-9-11-23(18(14)20-12-15(17)24(27)28)31(29,30)13-6-2-1-3-7-13/h1-3,6-7,9,11-12,16H,4-5,8,10H2,(H,20,21)(H,25,26). The summed E-state index contributed by atoms with van der Waals surface area (Å²) in [7, 11) is -3.98. The fourth-order valence-corrected chi connectivity index (χ4v) is 5.04. The molecule has 1 saturated heterocycles. The van der Waals surface area contributed by atoms with Crippen molar-refractivity contribution in [3.63, 3.8) is 0 Å². The molecule has 1 amide bonds. The third kappa shape index (κ3) is 3.65. The van der Waals surface area contributed by atoms with E-state index < -0.39 is 27.2 Å². The van der Waals surface area contributed by atoms with Crippen LogP contribution in [-0.2, 0) is 10.0 Å². The first kappa shape index (κ1) is 20.6. The van der Waals surface area contributed by atoms with Crippen LogP contribution in [0.3, 0.4) is 0 Å². The Morgan fingerprint density at radius 1 is 1.23 bits per heavy atom. The molecule has 1 aliphatic heterocycles. The highest BCUT2D eigenvalue weighted by atomic mass is 32.2. The Kier molecular flexibility index (Phi) is 5.23. The lowest BCUT2D eigenvalue weighted by atomic mass is 10.1. The zero-order valence-corrected chi connectivity index (χ0v) is 17.0. The maximum atomic E-state index is 13.1. The predicted octanol–water partition coefficient (Wildman–Crippen LogP) is 3.08. The minimum absolute atomic E-state index is 0.00892. The van der Waals surface area contributed by atoms with Gasteiger partial charge in [-0.1, -0.05) is 18.2 Å². The number of pyridine rings is 1. The van der Waals surface area contributed by atoms with Crippen LogP contribution in [0.1, 0.15) is 19.3 Å². The smallest absolute Gasteiger partial charge is 0.408 e. The van der Waals surface area contributed by atoms with E-state index in [1.54, 1.807) is 18.2 Å². The molecular formula is C19H19N5O6S. The largest absolute Gasteiger partial charge is 0.465 e. The number of nitrogens with zero attached hydrogens (tertiary/aromatic N) is 4. The molecule has 3 heterocycles. The lowest BCUT2D eigenvalue weighted by Gasteiger charge is -2.34. The summed E-state index contributed by atoms with van der Waals surface area (Å²) >= 11 is 0. The number of likely N-dealkylation sites (tertiary alicyclic amines) is 1. The number of hydrogen-bond acceptors (Lipinski definition) is 7. The highest BCUT2D eigenvalue weighted by Gasteiger charge is 2.31. The van der Waals surface area contributed by atoms with Crippen molar-refractivity contribution in [2.24, 2.45) is 0 Å². The number of anilines is 1. The van der Waals surface area contributed by atoms with Crippen molar-refractivity contribution >= 4 is 38.5 Å². The van der Waals surface area contributed by atoms with Gasteiger partial charge in [-0.15, -0.1) is 0 Å². The fourth-order valence-electron chi connectivity index (χ4n) is 3.72. The van der Waals surface area contributed by atoms with Crippen molar-refractivity contribution in [1.82, 2.24) is 13.9 Å². The Labute approximate surface area is 177 Å². The van der Waals surface area contributed by atoms with E-state index >= 15 is 0 Å². The van der Waals surface area contributed by atoms with Crippen LogP contribution in [-0.4, -0.2) is 51.1 Å². The van der Waals surface area contributed by atoms with Gasteiger partial charge in [0.05, 0.1) is 15.2 Å². The Hall–Kier alpha value is -3.67. The molecule has 2 aromatic heterocycles. The summed E-state index contributed by atoms with van der Waals surface area (Å²) in [6.45, 7) is 0.304. The average Bonchev–Trinajstić information content (AvgIpc) is 3.20. The molecule has 0 bridgehead atoms. The van der Waals surface area contributed by atoms with Gasteiger partial charge in [0.2, 0.25) is 0 Å². The molecule has 0 aliphatic carbocycles. The van der Waals surface area contributed by atoms with Gasteiger partial charge in [0.1, 0.15) is 18.1 Å². The number of benzene rings is 1. The minimum atomic E-state index is -3.98. The van der Waals surface area contributed by atoms with Gasteiger partial charge in [0.15, 0.2) is 5.65 Å². The zero-order chi connectivity index (χ0) is 22.2. The molecule has 12 heteroatoms. The Bertz CT molecular complexity index is 1260. The van der Waals surface area contributed by atoms with Crippen LogP contribution in [0.25, 0.3) is 11.0 Å². The second-order valence-corrected chi connectivity index (χ2v) is 8.89. The molecule has 1 unspecified atom stereocenters. The minimum Gasteiger partial charge on any atom is -0.465 e. The molecule has 0 spiro atoms. The maximum absolute atomic E-state index is 13.1. The molecule has 31 heavy (non-hydrogen) atoms. The van der Waals surface area contributed by atoms with E-state index in [2.05, 4.69) is 10.3 Å². The topological polar surface area (TPSA) is 148 Å². The number of piperidine rings is 1. The first-order chi connectivity index (χ1) is 14.8. The summed E-state index contributed by atoms with van der Waals surface area (Å²) < 4.78 is 27.1. The van der Waals surface area contributed by atoms with Crippen LogP contribution >= 0.6 is 0 Å². The molecular weight excluding hydrogens is 426 g/mol. The van der Waals surface area contributed by atoms with Gasteiger partial charge in [-0.25, -0.2) is 22.2 Å². The number of carboxylic acid groups (broad SMARTS) is 1. The van der Waals surface area contributed by atoms with Gasteiger partial charge in [-0.05, 0) is 37.5 Å². The zero-order valence-electron chi connectivity index (χ0n) is 16.2. The normalized spacial score (nSPS) is 16.9. The SMILES string of the molecule is O=C(O)N1CCCCC1Nc1c([N+](=O)[O-])cnc2c1ccn2S(=O)(=O)c1ccccc1. The molecule has 1 aliphatic rings. The highest BCUT2D eigenvalue weighted by Crippen LogP contribution is 2.35. The summed E-state index contributed by atoms with van der Waals surface area (Å²) in [5, 5.41) is 24.3. The van der Waals surface area contributed by atoms with E-state index in [0.29, 0.717) is 19.4 Å². The summed E-state index contributed by atoms with van der Waals surface area (Å²) in [6.07, 6.45) is 2.38. The summed E-state index contributed by atoms with van der Waals surface area (Å²) in [6, 6.07) is 9.18. The molecule has 2 N–H and O–H groups in total. The van der Waals surface area contributed by atoms with E-state index in [-0.39, 0.29) is 27.3 Å². The molecule has 0 saturated carbocycles. The van der Waals surface area contributed by atoms with Crippen LogP contribution < -0.4 is 5.32 Å². The van der Waals surface area contributed by atoms with Gasteiger partial charge in [-0.3, -0.25) is 15.0 Å². The van der Waals surface area contributed by atoms with Crippen LogP contribution in [0, 0.1) is 10.1 Å². The van der Waals surface area contributed by atoms with Crippen molar-refractivity contribution in [2.75, 3.05) is 11.9 Å². The number of rotatable bonds is 5. The van der Waals surface area contributed by atoms with Gasteiger partial charge >= 0.3 is 11.8 Å². The monoisotopic (exact) mass is 445 g/mol. The van der Waals surface area contributed by atoms with Crippen molar-refractivity contribution in [3.8, 4) is 0 Å². The van der Waals surface area contributed by atoms with Crippen LogP contribution in [0.5, 0.6) is 0 Å². The number of hydrogen-bond donors (Lipinski definition) is 2. The van der Waals surface area contributed by atoms with Gasteiger partial charge < -0.3 is 10.4 Å². The molecule has 162 valence electrons. The van der Waals surface area contributed by atoms with E-state index in [1.807, 2.05) is 0 Å². The Morgan fingerprint density at radius 3 is 2.65 bits per heavy atom. The van der Waals surface area contributed by atoms with Crippen molar-refractivity contribution in [2.45, 2.75) is 30.3 Å². The van der Waals surface area contributed by atoms with Crippen molar-refractivity contribution in [1.29, 1.82) is 0 Å². The molecule has 1 atom stereocenters. The number of nitro groups is 1. The first-order valence-electron chi connectivity index (χ1n) is 9.52. The predicted molar refractivity (Wildman–Crippen MR) is 111 cm³/mol. The van der Waals surface area contributed by atoms with Gasteiger partial charge in [0.25, 0.3) is 10.0 Å².